The Kier molecular flexibility index (Phi) is 4.00. The van der Waals surface area contributed by atoms with Gasteiger partial charge in [-0.2, -0.15) is 18.3 Å². The molecule has 0 radical (unpaired) electrons. The van der Waals surface area contributed by atoms with E-state index in [4.69, 9.17) is 11.6 Å². The summed E-state index contributed by atoms with van der Waals surface area (Å²) in [5, 5.41) is 8.11. The van der Waals surface area contributed by atoms with Gasteiger partial charge in [-0.25, -0.2) is 4.68 Å². The van der Waals surface area contributed by atoms with Gasteiger partial charge < -0.3 is 5.32 Å². The molecule has 0 amide bonds. The van der Waals surface area contributed by atoms with E-state index >= 15 is 0 Å². The third kappa shape index (κ3) is 2.90. The van der Waals surface area contributed by atoms with E-state index in [1.165, 1.54) is 11.3 Å². The Morgan fingerprint density at radius 1 is 1.41 bits per heavy atom. The van der Waals surface area contributed by atoms with Crippen LogP contribution in [-0.2, 0) is 25.7 Å². The molecule has 0 aliphatic carbocycles. The number of hydrogen-bond donors (Lipinski definition) is 1. The van der Waals surface area contributed by atoms with Gasteiger partial charge in [0.05, 0.1) is 10.9 Å². The fourth-order valence-electron chi connectivity index (χ4n) is 2.47. The summed E-state index contributed by atoms with van der Waals surface area (Å²) in [6.45, 7) is 0.469. The van der Waals surface area contributed by atoms with Crippen LogP contribution >= 0.6 is 22.9 Å². The van der Waals surface area contributed by atoms with Crippen molar-refractivity contribution < 1.29 is 13.2 Å². The van der Waals surface area contributed by atoms with Gasteiger partial charge in [-0.3, -0.25) is 4.79 Å². The van der Waals surface area contributed by atoms with Crippen LogP contribution in [0.25, 0.3) is 0 Å². The quantitative estimate of drug-likeness (QED) is 0.906. The second-order valence-corrected chi connectivity index (χ2v) is 6.49. The summed E-state index contributed by atoms with van der Waals surface area (Å²) in [5.41, 5.74) is -0.639. The molecule has 0 saturated carbocycles. The van der Waals surface area contributed by atoms with Crippen molar-refractivity contribution in [1.82, 2.24) is 15.1 Å². The lowest BCUT2D eigenvalue weighted by Gasteiger charge is -2.21. The summed E-state index contributed by atoms with van der Waals surface area (Å²) < 4.78 is 41.0. The minimum atomic E-state index is -4.59. The predicted molar refractivity (Wildman–Crippen MR) is 77.3 cm³/mol. The maximum absolute atomic E-state index is 13.2. The average molecular weight is 350 g/mol. The first-order chi connectivity index (χ1) is 10.4. The number of hydrogen-bond acceptors (Lipinski definition) is 4. The fraction of sp³-hybridized carbons (Fsp3) is 0.385. The van der Waals surface area contributed by atoms with Crippen molar-refractivity contribution in [2.75, 3.05) is 6.54 Å². The first-order valence-electron chi connectivity index (χ1n) is 6.50. The van der Waals surface area contributed by atoms with Gasteiger partial charge in [0.2, 0.25) is 0 Å². The molecule has 1 aliphatic heterocycles. The second kappa shape index (κ2) is 5.68. The van der Waals surface area contributed by atoms with Gasteiger partial charge in [-0.1, -0.05) is 11.6 Å². The molecule has 3 rings (SSSR count). The lowest BCUT2D eigenvalue weighted by molar-refractivity contribution is -0.143. The first kappa shape index (κ1) is 15.5. The highest BCUT2D eigenvalue weighted by Gasteiger charge is 2.38. The topological polar surface area (TPSA) is 46.9 Å². The zero-order valence-electron chi connectivity index (χ0n) is 11.2. The molecule has 2 aromatic heterocycles. The number of rotatable bonds is 2. The van der Waals surface area contributed by atoms with E-state index < -0.39 is 17.4 Å². The summed E-state index contributed by atoms with van der Waals surface area (Å²) in [5.74, 6) is 0. The Morgan fingerprint density at radius 2 is 2.18 bits per heavy atom. The summed E-state index contributed by atoms with van der Waals surface area (Å²) >= 11 is 7.07. The van der Waals surface area contributed by atoms with Gasteiger partial charge in [-0.05, 0) is 30.0 Å². The predicted octanol–water partition coefficient (Wildman–Crippen LogP) is 2.67. The molecule has 0 fully saturated rings. The summed E-state index contributed by atoms with van der Waals surface area (Å²) in [6.07, 6.45) is -4.32. The number of thiophene rings is 1. The molecule has 9 heteroatoms. The maximum Gasteiger partial charge on any atom is 0.435 e. The van der Waals surface area contributed by atoms with E-state index in [0.29, 0.717) is 16.4 Å². The number of halogens is 4. The monoisotopic (exact) mass is 349 g/mol. The molecule has 118 valence electrons. The minimum Gasteiger partial charge on any atom is -0.312 e. The summed E-state index contributed by atoms with van der Waals surface area (Å²) in [7, 11) is 0. The van der Waals surface area contributed by atoms with E-state index in [1.54, 1.807) is 11.4 Å². The molecule has 1 N–H and O–H groups in total. The van der Waals surface area contributed by atoms with Gasteiger partial charge in [0, 0.05) is 17.7 Å². The van der Waals surface area contributed by atoms with E-state index in [9.17, 15) is 18.0 Å². The molecular formula is C13H11ClF3N3OS. The Hall–Kier alpha value is -1.38. The van der Waals surface area contributed by atoms with Crippen molar-refractivity contribution in [3.8, 4) is 0 Å². The third-order valence-corrected chi connectivity index (χ3v) is 4.58. The molecule has 2 aromatic rings. The zero-order chi connectivity index (χ0) is 15.9. The van der Waals surface area contributed by atoms with Crippen LogP contribution in [0.2, 0.25) is 4.34 Å². The van der Waals surface area contributed by atoms with Crippen LogP contribution in [-0.4, -0.2) is 16.3 Å². The number of aromatic nitrogens is 2. The standard InChI is InChI=1S/C13H11ClF3N3OS/c14-10-3-7(6-22-10)5-20-12(21)8-1-2-18-4-9(8)11(19-20)13(15,16)17/h3,6,18H,1-2,4-5H2. The van der Waals surface area contributed by atoms with Gasteiger partial charge in [0.1, 0.15) is 0 Å². The lowest BCUT2D eigenvalue weighted by atomic mass is 10.0. The highest BCUT2D eigenvalue weighted by Crippen LogP contribution is 2.31. The number of alkyl halides is 3. The fourth-order valence-corrected chi connectivity index (χ4v) is 3.37. The normalized spacial score (nSPS) is 14.9. The van der Waals surface area contributed by atoms with Crippen LogP contribution < -0.4 is 10.9 Å². The Balaban J connectivity index is 2.12. The lowest BCUT2D eigenvalue weighted by Crippen LogP contribution is -2.38. The molecular weight excluding hydrogens is 339 g/mol. The number of nitrogens with one attached hydrogen (secondary N) is 1. The van der Waals surface area contributed by atoms with Crippen molar-refractivity contribution >= 4 is 22.9 Å². The van der Waals surface area contributed by atoms with E-state index in [2.05, 4.69) is 10.4 Å². The van der Waals surface area contributed by atoms with Crippen LogP contribution in [0, 0.1) is 0 Å². The molecule has 0 bridgehead atoms. The number of fused-ring (bicyclic) bond motifs is 1. The van der Waals surface area contributed by atoms with Crippen molar-refractivity contribution in [3.05, 3.63) is 48.5 Å². The Bertz CT molecular complexity index is 769. The smallest absolute Gasteiger partial charge is 0.312 e. The highest BCUT2D eigenvalue weighted by molar-refractivity contribution is 7.14. The van der Waals surface area contributed by atoms with E-state index in [-0.39, 0.29) is 30.6 Å². The van der Waals surface area contributed by atoms with Crippen LogP contribution in [0.3, 0.4) is 0 Å². The second-order valence-electron chi connectivity index (χ2n) is 4.95. The SMILES string of the molecule is O=c1c2c(c(C(F)(F)F)nn1Cc1csc(Cl)c1)CNCC2. The third-order valence-electron chi connectivity index (χ3n) is 3.44. The van der Waals surface area contributed by atoms with Crippen molar-refractivity contribution in [3.63, 3.8) is 0 Å². The largest absolute Gasteiger partial charge is 0.435 e. The van der Waals surface area contributed by atoms with Crippen molar-refractivity contribution in [2.45, 2.75) is 25.7 Å². The van der Waals surface area contributed by atoms with Gasteiger partial charge in [-0.15, -0.1) is 11.3 Å². The van der Waals surface area contributed by atoms with Crippen LogP contribution in [0.1, 0.15) is 22.4 Å². The molecule has 0 spiro atoms. The molecule has 4 nitrogen and oxygen atoms in total. The molecule has 3 heterocycles. The average Bonchev–Trinajstić information content (AvgIpc) is 2.86. The first-order valence-corrected chi connectivity index (χ1v) is 7.75. The van der Waals surface area contributed by atoms with Crippen molar-refractivity contribution in [1.29, 1.82) is 0 Å². The molecule has 22 heavy (non-hydrogen) atoms. The molecule has 1 aliphatic rings. The summed E-state index contributed by atoms with van der Waals surface area (Å²) in [4.78, 5) is 12.4. The van der Waals surface area contributed by atoms with Crippen LogP contribution in [0.15, 0.2) is 16.2 Å². The van der Waals surface area contributed by atoms with Gasteiger partial charge in [0.25, 0.3) is 5.56 Å². The Labute approximate surface area is 132 Å². The van der Waals surface area contributed by atoms with Gasteiger partial charge >= 0.3 is 6.18 Å². The maximum atomic E-state index is 13.2. The van der Waals surface area contributed by atoms with Gasteiger partial charge in [0.15, 0.2) is 5.69 Å². The van der Waals surface area contributed by atoms with E-state index in [1.807, 2.05) is 0 Å². The molecule has 0 unspecified atom stereocenters. The number of nitrogens with zero attached hydrogens (tertiary/aromatic N) is 2. The van der Waals surface area contributed by atoms with Crippen LogP contribution in [0.5, 0.6) is 0 Å². The molecule has 0 aromatic carbocycles. The zero-order valence-corrected chi connectivity index (χ0v) is 12.8. The van der Waals surface area contributed by atoms with Crippen molar-refractivity contribution in [2.24, 2.45) is 0 Å². The highest BCUT2D eigenvalue weighted by atomic mass is 35.5. The van der Waals surface area contributed by atoms with Crippen LogP contribution in [0.4, 0.5) is 13.2 Å². The van der Waals surface area contributed by atoms with E-state index in [0.717, 1.165) is 4.68 Å². The minimum absolute atomic E-state index is 0.0114. The molecule has 0 saturated heterocycles. The Morgan fingerprint density at radius 3 is 2.82 bits per heavy atom. The summed E-state index contributed by atoms with van der Waals surface area (Å²) in [6, 6.07) is 1.62. The molecule has 0 atom stereocenters.